The van der Waals surface area contributed by atoms with Crippen LogP contribution in [0.4, 0.5) is 0 Å². The smallest absolute Gasteiger partial charge is 0.343 e. The fourth-order valence-corrected chi connectivity index (χ4v) is 5.03. The van der Waals surface area contributed by atoms with Crippen LogP contribution in [0.25, 0.3) is 11.1 Å². The lowest BCUT2D eigenvalue weighted by atomic mass is 10.0. The van der Waals surface area contributed by atoms with E-state index in [9.17, 15) is 19.2 Å². The molecule has 0 heterocycles. The molecule has 0 saturated heterocycles. The van der Waals surface area contributed by atoms with Gasteiger partial charge in [-0.2, -0.15) is 5.26 Å². The molecule has 0 aliphatic heterocycles. The molecule has 0 saturated carbocycles. The zero-order chi connectivity index (χ0) is 37.8. The van der Waals surface area contributed by atoms with Crippen molar-refractivity contribution in [2.24, 2.45) is 0 Å². The SMILES string of the molecule is C=C(C)C(=O)OCCCCCC(=O)Oc1ccccc1C(=O)OCCCCCCOc1ccc(C(=O)Oc2ccc(-c3ccc(C#N)cc3)cc2)cc1. The molecule has 0 radical (unpaired) electrons. The average molecular weight is 718 g/mol. The Labute approximate surface area is 309 Å². The molecule has 0 aromatic heterocycles. The minimum absolute atomic E-state index is 0.159. The molecule has 4 aromatic carbocycles. The topological polar surface area (TPSA) is 138 Å². The number of hydrogen-bond acceptors (Lipinski definition) is 10. The third kappa shape index (κ3) is 13.5. The summed E-state index contributed by atoms with van der Waals surface area (Å²) in [5.74, 6) is -0.685. The van der Waals surface area contributed by atoms with Crippen LogP contribution in [-0.2, 0) is 19.1 Å². The monoisotopic (exact) mass is 717 g/mol. The molecule has 0 N–H and O–H groups in total. The van der Waals surface area contributed by atoms with E-state index in [-0.39, 0.29) is 30.9 Å². The Morgan fingerprint density at radius 1 is 0.623 bits per heavy atom. The van der Waals surface area contributed by atoms with Crippen molar-refractivity contribution in [2.75, 3.05) is 19.8 Å². The molecule has 10 heteroatoms. The summed E-state index contributed by atoms with van der Waals surface area (Å²) in [7, 11) is 0. The second kappa shape index (κ2) is 21.2. The molecule has 0 aliphatic rings. The third-order valence-electron chi connectivity index (χ3n) is 7.98. The lowest BCUT2D eigenvalue weighted by Crippen LogP contribution is -2.13. The van der Waals surface area contributed by atoms with Crippen LogP contribution in [0.5, 0.6) is 17.2 Å². The standard InChI is InChI=1S/C43H43NO9/c1-31(2)41(46)50-28-11-5-6-14-40(45)53-39-13-8-7-12-38(39)43(48)51-29-10-4-3-9-27-49-36-23-21-35(22-24-36)42(47)52-37-25-19-34(20-26-37)33-17-15-32(30-44)16-18-33/h7-8,12-13,15-26H,1,3-6,9-11,14,27-29H2,2H3. The van der Waals surface area contributed by atoms with Crippen molar-refractivity contribution < 1.29 is 42.9 Å². The predicted octanol–water partition coefficient (Wildman–Crippen LogP) is 8.83. The third-order valence-corrected chi connectivity index (χ3v) is 7.98. The maximum Gasteiger partial charge on any atom is 0.343 e. The van der Waals surface area contributed by atoms with Crippen LogP contribution in [0.3, 0.4) is 0 Å². The van der Waals surface area contributed by atoms with Crippen molar-refractivity contribution in [2.45, 2.75) is 58.3 Å². The predicted molar refractivity (Wildman–Crippen MR) is 199 cm³/mol. The van der Waals surface area contributed by atoms with Gasteiger partial charge in [-0.1, -0.05) is 43.0 Å². The summed E-state index contributed by atoms with van der Waals surface area (Å²) in [6.45, 7) is 6.11. The minimum Gasteiger partial charge on any atom is -0.494 e. The molecule has 53 heavy (non-hydrogen) atoms. The van der Waals surface area contributed by atoms with E-state index in [0.717, 1.165) is 30.4 Å². The highest BCUT2D eigenvalue weighted by Crippen LogP contribution is 2.24. The summed E-state index contributed by atoms with van der Waals surface area (Å²) < 4.78 is 27.2. The Morgan fingerprint density at radius 2 is 1.21 bits per heavy atom. The van der Waals surface area contributed by atoms with Crippen molar-refractivity contribution in [1.29, 1.82) is 5.26 Å². The number of nitrogens with zero attached hydrogens (tertiary/aromatic N) is 1. The van der Waals surface area contributed by atoms with E-state index in [4.69, 9.17) is 28.9 Å². The van der Waals surface area contributed by atoms with Crippen LogP contribution in [-0.4, -0.2) is 43.7 Å². The number of nitriles is 1. The van der Waals surface area contributed by atoms with Gasteiger partial charge < -0.3 is 23.7 Å². The van der Waals surface area contributed by atoms with Crippen molar-refractivity contribution in [3.05, 3.63) is 126 Å². The van der Waals surface area contributed by atoms with Crippen molar-refractivity contribution in [3.8, 4) is 34.4 Å². The van der Waals surface area contributed by atoms with Crippen molar-refractivity contribution in [3.63, 3.8) is 0 Å². The number of benzene rings is 4. The number of ether oxygens (including phenoxy) is 5. The fourth-order valence-electron chi connectivity index (χ4n) is 5.03. The summed E-state index contributed by atoms with van der Waals surface area (Å²) in [5, 5.41) is 8.98. The van der Waals surface area contributed by atoms with E-state index >= 15 is 0 Å². The summed E-state index contributed by atoms with van der Waals surface area (Å²) in [6, 6.07) is 29.8. The number of para-hydroxylation sites is 1. The lowest BCUT2D eigenvalue weighted by molar-refractivity contribution is -0.139. The van der Waals surface area contributed by atoms with Crippen LogP contribution >= 0.6 is 0 Å². The van der Waals surface area contributed by atoms with Gasteiger partial charge in [-0.05, 0) is 124 Å². The molecule has 0 fully saturated rings. The Hall–Kier alpha value is -6.21. The van der Waals surface area contributed by atoms with E-state index in [1.54, 1.807) is 79.7 Å². The molecule has 4 aromatic rings. The molecule has 4 rings (SSSR count). The first kappa shape index (κ1) is 39.6. The van der Waals surface area contributed by atoms with Gasteiger partial charge in [-0.25, -0.2) is 14.4 Å². The largest absolute Gasteiger partial charge is 0.494 e. The quantitative estimate of drug-likeness (QED) is 0.0377. The minimum atomic E-state index is -0.555. The number of carbonyl (C=O) groups is 4. The summed E-state index contributed by atoms with van der Waals surface area (Å²) in [6.07, 6.45) is 5.21. The van der Waals surface area contributed by atoms with E-state index in [1.165, 1.54) is 0 Å². The number of carbonyl (C=O) groups excluding carboxylic acids is 4. The molecule has 274 valence electrons. The van der Waals surface area contributed by atoms with Crippen LogP contribution in [0.15, 0.2) is 109 Å². The highest BCUT2D eigenvalue weighted by Gasteiger charge is 2.16. The molecular formula is C43H43NO9. The van der Waals surface area contributed by atoms with E-state index in [2.05, 4.69) is 12.6 Å². The number of hydrogen-bond donors (Lipinski definition) is 0. The van der Waals surface area contributed by atoms with Crippen LogP contribution in [0, 0.1) is 11.3 Å². The highest BCUT2D eigenvalue weighted by atomic mass is 16.6. The first-order chi connectivity index (χ1) is 25.7. The second-order valence-electron chi connectivity index (χ2n) is 12.2. The number of rotatable bonds is 20. The van der Waals surface area contributed by atoms with Crippen LogP contribution in [0.1, 0.15) is 84.6 Å². The fraction of sp³-hybridized carbons (Fsp3) is 0.279. The number of unbranched alkanes of at least 4 members (excludes halogenated alkanes) is 5. The van der Waals surface area contributed by atoms with Gasteiger partial charge in [0.05, 0.1) is 37.0 Å². The Kier molecular flexibility index (Phi) is 15.8. The maximum absolute atomic E-state index is 12.7. The van der Waals surface area contributed by atoms with Gasteiger partial charge in [0.25, 0.3) is 0 Å². The summed E-state index contributed by atoms with van der Waals surface area (Å²) in [5.41, 5.74) is 3.43. The molecule has 0 unspecified atom stereocenters. The van der Waals surface area contributed by atoms with Gasteiger partial charge in [0.15, 0.2) is 0 Å². The van der Waals surface area contributed by atoms with E-state index in [0.29, 0.717) is 60.5 Å². The van der Waals surface area contributed by atoms with E-state index in [1.807, 2.05) is 24.3 Å². The van der Waals surface area contributed by atoms with Crippen LogP contribution in [0.2, 0.25) is 0 Å². The Morgan fingerprint density at radius 3 is 1.87 bits per heavy atom. The normalized spacial score (nSPS) is 10.4. The zero-order valence-electron chi connectivity index (χ0n) is 29.8. The van der Waals surface area contributed by atoms with Gasteiger partial charge >= 0.3 is 23.9 Å². The summed E-state index contributed by atoms with van der Waals surface area (Å²) >= 11 is 0. The first-order valence-electron chi connectivity index (χ1n) is 17.6. The van der Waals surface area contributed by atoms with Gasteiger partial charge in [-0.15, -0.1) is 0 Å². The van der Waals surface area contributed by atoms with Gasteiger partial charge in [0, 0.05) is 12.0 Å². The van der Waals surface area contributed by atoms with Gasteiger partial charge in [-0.3, -0.25) is 4.79 Å². The van der Waals surface area contributed by atoms with Crippen molar-refractivity contribution >= 4 is 23.9 Å². The molecule has 0 atom stereocenters. The molecule has 0 amide bonds. The molecule has 0 aliphatic carbocycles. The van der Waals surface area contributed by atoms with Crippen LogP contribution < -0.4 is 14.2 Å². The molecule has 10 nitrogen and oxygen atoms in total. The molecule has 0 bridgehead atoms. The van der Waals surface area contributed by atoms with Gasteiger partial charge in [0.2, 0.25) is 0 Å². The molecule has 0 spiro atoms. The average Bonchev–Trinajstić information content (AvgIpc) is 3.17. The van der Waals surface area contributed by atoms with Gasteiger partial charge in [0.1, 0.15) is 22.8 Å². The second-order valence-corrected chi connectivity index (χ2v) is 12.2. The summed E-state index contributed by atoms with van der Waals surface area (Å²) in [4.78, 5) is 49.1. The Bertz CT molecular complexity index is 1880. The van der Waals surface area contributed by atoms with Crippen molar-refractivity contribution in [1.82, 2.24) is 0 Å². The first-order valence-corrected chi connectivity index (χ1v) is 17.6. The molecular weight excluding hydrogens is 674 g/mol. The lowest BCUT2D eigenvalue weighted by Gasteiger charge is -2.10. The zero-order valence-corrected chi connectivity index (χ0v) is 29.8. The number of esters is 4. The Balaban J connectivity index is 1.07. The highest BCUT2D eigenvalue weighted by molar-refractivity contribution is 5.93. The maximum atomic E-state index is 12.7. The van der Waals surface area contributed by atoms with E-state index < -0.39 is 23.9 Å².